The lowest BCUT2D eigenvalue weighted by Crippen LogP contribution is -2.39. The van der Waals surface area contributed by atoms with Gasteiger partial charge in [0.25, 0.3) is 5.91 Å². The second kappa shape index (κ2) is 5.05. The molecule has 2 rings (SSSR count). The van der Waals surface area contributed by atoms with Crippen molar-refractivity contribution in [1.82, 2.24) is 0 Å². The van der Waals surface area contributed by atoms with Crippen molar-refractivity contribution in [3.8, 4) is 0 Å². The number of rotatable bonds is 4. The Kier molecular flexibility index (Phi) is 3.67. The molecule has 90 valence electrons. The van der Waals surface area contributed by atoms with Crippen molar-refractivity contribution in [3.05, 3.63) is 41.4 Å². The molecular weight excluding hydrogens is 278 g/mol. The van der Waals surface area contributed by atoms with Gasteiger partial charge in [0.15, 0.2) is 0 Å². The van der Waals surface area contributed by atoms with Crippen LogP contribution in [-0.4, -0.2) is 11.9 Å². The molecule has 0 aromatic heterocycles. The molecule has 0 spiro atoms. The monoisotopic (exact) mass is 293 g/mol. The van der Waals surface area contributed by atoms with Gasteiger partial charge >= 0.3 is 0 Å². The van der Waals surface area contributed by atoms with Crippen LogP contribution in [0.1, 0.15) is 19.8 Å². The van der Waals surface area contributed by atoms with Crippen LogP contribution in [0, 0.1) is 5.92 Å². The van der Waals surface area contributed by atoms with E-state index in [-0.39, 0.29) is 11.9 Å². The zero-order valence-electron chi connectivity index (χ0n) is 9.90. The molecule has 1 amide bonds. The number of hydrogen-bond acceptors (Lipinski definition) is 1. The van der Waals surface area contributed by atoms with Gasteiger partial charge in [0.2, 0.25) is 0 Å². The molecular formula is C14H16BrNO. The first-order valence-corrected chi connectivity index (χ1v) is 6.64. The van der Waals surface area contributed by atoms with E-state index in [2.05, 4.69) is 29.4 Å². The Morgan fingerprint density at radius 2 is 2.06 bits per heavy atom. The summed E-state index contributed by atoms with van der Waals surface area (Å²) in [6.07, 6.45) is 3.83. The van der Waals surface area contributed by atoms with Gasteiger partial charge in [0.1, 0.15) is 0 Å². The molecule has 1 aliphatic carbocycles. The average Bonchev–Trinajstić information content (AvgIpc) is 3.15. The third-order valence-corrected chi connectivity index (χ3v) is 3.76. The normalized spacial score (nSPS) is 16.4. The minimum atomic E-state index is -0.0216. The van der Waals surface area contributed by atoms with E-state index in [1.807, 2.05) is 29.2 Å². The Morgan fingerprint density at radius 3 is 2.53 bits per heavy atom. The van der Waals surface area contributed by atoms with Crippen molar-refractivity contribution >= 4 is 27.5 Å². The summed E-state index contributed by atoms with van der Waals surface area (Å²) in [5.74, 6) is 0.620. The predicted molar refractivity (Wildman–Crippen MR) is 74.0 cm³/mol. The van der Waals surface area contributed by atoms with E-state index in [1.165, 1.54) is 18.9 Å². The second-order valence-electron chi connectivity index (χ2n) is 4.47. The summed E-state index contributed by atoms with van der Waals surface area (Å²) in [6.45, 7) is 5.70. The zero-order chi connectivity index (χ0) is 12.4. The summed E-state index contributed by atoms with van der Waals surface area (Å²) in [6, 6.07) is 8.09. The maximum atomic E-state index is 12.0. The summed E-state index contributed by atoms with van der Waals surface area (Å²) in [5.41, 5.74) is 0.942. The molecule has 0 N–H and O–H groups in total. The molecule has 1 fully saturated rings. The molecule has 2 nitrogen and oxygen atoms in total. The van der Waals surface area contributed by atoms with Crippen molar-refractivity contribution in [2.45, 2.75) is 25.8 Å². The predicted octanol–water partition coefficient (Wildman–Crippen LogP) is 3.77. The van der Waals surface area contributed by atoms with Crippen molar-refractivity contribution in [3.63, 3.8) is 0 Å². The highest BCUT2D eigenvalue weighted by molar-refractivity contribution is 9.10. The molecule has 1 aromatic carbocycles. The van der Waals surface area contributed by atoms with Gasteiger partial charge in [0.05, 0.1) is 0 Å². The first-order chi connectivity index (χ1) is 8.13. The fourth-order valence-electron chi connectivity index (χ4n) is 2.05. The zero-order valence-corrected chi connectivity index (χ0v) is 11.5. The fraction of sp³-hybridized carbons (Fsp3) is 0.357. The van der Waals surface area contributed by atoms with Crippen LogP contribution < -0.4 is 4.90 Å². The lowest BCUT2D eigenvalue weighted by Gasteiger charge is -2.28. The third kappa shape index (κ3) is 2.78. The van der Waals surface area contributed by atoms with Crippen molar-refractivity contribution in [2.24, 2.45) is 5.92 Å². The molecule has 1 aliphatic rings. The van der Waals surface area contributed by atoms with Gasteiger partial charge < -0.3 is 4.90 Å². The fourth-order valence-corrected chi connectivity index (χ4v) is 2.32. The van der Waals surface area contributed by atoms with Crippen LogP contribution in [0.2, 0.25) is 0 Å². The van der Waals surface area contributed by atoms with Crippen LogP contribution in [0.5, 0.6) is 0 Å². The Balaban J connectivity index is 2.28. The molecule has 1 atom stereocenters. The van der Waals surface area contributed by atoms with E-state index < -0.39 is 0 Å². The molecule has 1 saturated carbocycles. The molecule has 17 heavy (non-hydrogen) atoms. The van der Waals surface area contributed by atoms with Gasteiger partial charge in [-0.15, -0.1) is 0 Å². The highest BCUT2D eigenvalue weighted by Gasteiger charge is 2.34. The Labute approximate surface area is 110 Å². The lowest BCUT2D eigenvalue weighted by molar-refractivity contribution is -0.114. The molecule has 0 saturated heterocycles. The van der Waals surface area contributed by atoms with Gasteiger partial charge in [-0.2, -0.15) is 0 Å². The van der Waals surface area contributed by atoms with Crippen LogP contribution in [-0.2, 0) is 4.79 Å². The highest BCUT2D eigenvalue weighted by Crippen LogP contribution is 2.37. The number of halogens is 1. The summed E-state index contributed by atoms with van der Waals surface area (Å²) in [7, 11) is 0. The first-order valence-electron chi connectivity index (χ1n) is 5.84. The Hall–Kier alpha value is -1.09. The van der Waals surface area contributed by atoms with E-state index in [0.717, 1.165) is 10.2 Å². The minimum Gasteiger partial charge on any atom is -0.306 e. The smallest absolute Gasteiger partial charge is 0.250 e. The number of benzene rings is 1. The molecule has 0 bridgehead atoms. The summed E-state index contributed by atoms with van der Waals surface area (Å²) in [4.78, 5) is 13.8. The van der Waals surface area contributed by atoms with Gasteiger partial charge in [-0.1, -0.05) is 22.5 Å². The summed E-state index contributed by atoms with van der Waals surface area (Å²) in [5, 5.41) is 0. The van der Waals surface area contributed by atoms with Crippen LogP contribution >= 0.6 is 15.9 Å². The number of carbonyl (C=O) groups excluding carboxylic acids is 1. The van der Waals surface area contributed by atoms with Gasteiger partial charge in [-0.25, -0.2) is 0 Å². The number of carbonyl (C=O) groups is 1. The Morgan fingerprint density at radius 1 is 1.47 bits per heavy atom. The number of hydrogen-bond donors (Lipinski definition) is 0. The number of nitrogens with zero attached hydrogens (tertiary/aromatic N) is 1. The van der Waals surface area contributed by atoms with Crippen molar-refractivity contribution in [2.75, 3.05) is 4.90 Å². The van der Waals surface area contributed by atoms with Crippen molar-refractivity contribution in [1.29, 1.82) is 0 Å². The van der Waals surface area contributed by atoms with Crippen molar-refractivity contribution < 1.29 is 4.79 Å². The molecule has 0 radical (unpaired) electrons. The minimum absolute atomic E-state index is 0.0216. The topological polar surface area (TPSA) is 20.3 Å². The summed E-state index contributed by atoms with van der Waals surface area (Å²) >= 11 is 3.40. The molecule has 0 aliphatic heterocycles. The second-order valence-corrected chi connectivity index (χ2v) is 5.38. The SMILES string of the molecule is C=CC(=O)N(c1ccc(Br)cc1)C(C)C1CC1. The van der Waals surface area contributed by atoms with Crippen LogP contribution in [0.3, 0.4) is 0 Å². The molecule has 0 heterocycles. The maximum absolute atomic E-state index is 12.0. The van der Waals surface area contributed by atoms with Crippen LogP contribution in [0.4, 0.5) is 5.69 Å². The molecule has 3 heteroatoms. The molecule has 1 unspecified atom stereocenters. The van der Waals surface area contributed by atoms with E-state index in [9.17, 15) is 4.79 Å². The molecule has 1 aromatic rings. The van der Waals surface area contributed by atoms with Crippen LogP contribution in [0.15, 0.2) is 41.4 Å². The maximum Gasteiger partial charge on any atom is 0.250 e. The highest BCUT2D eigenvalue weighted by atomic mass is 79.9. The van der Waals surface area contributed by atoms with E-state index in [1.54, 1.807) is 0 Å². The van der Waals surface area contributed by atoms with E-state index in [0.29, 0.717) is 5.92 Å². The third-order valence-electron chi connectivity index (χ3n) is 3.23. The van der Waals surface area contributed by atoms with E-state index >= 15 is 0 Å². The largest absolute Gasteiger partial charge is 0.306 e. The quantitative estimate of drug-likeness (QED) is 0.774. The first kappa shape index (κ1) is 12.4. The summed E-state index contributed by atoms with van der Waals surface area (Å²) < 4.78 is 1.02. The van der Waals surface area contributed by atoms with Gasteiger partial charge in [-0.3, -0.25) is 4.79 Å². The van der Waals surface area contributed by atoms with E-state index in [4.69, 9.17) is 0 Å². The average molecular weight is 294 g/mol. The standard InChI is InChI=1S/C14H16BrNO/c1-3-14(17)16(10(2)11-4-5-11)13-8-6-12(15)7-9-13/h3,6-11H,1,4-5H2,2H3. The number of anilines is 1. The van der Waals surface area contributed by atoms with Gasteiger partial charge in [0, 0.05) is 16.2 Å². The number of amides is 1. The van der Waals surface area contributed by atoms with Crippen LogP contribution in [0.25, 0.3) is 0 Å². The Bertz CT molecular complexity index is 422. The van der Waals surface area contributed by atoms with Gasteiger partial charge in [-0.05, 0) is 56.0 Å². The lowest BCUT2D eigenvalue weighted by atomic mass is 10.1.